The number of halogens is 3. The van der Waals surface area contributed by atoms with Crippen molar-refractivity contribution in [1.82, 2.24) is 30.4 Å². The maximum Gasteiger partial charge on any atom is 0.264 e. The smallest absolute Gasteiger partial charge is 0.264 e. The fourth-order valence-corrected chi connectivity index (χ4v) is 11.5. The fourth-order valence-electron chi connectivity index (χ4n) is 11.2. The molecule has 1 aromatic heterocycles. The summed E-state index contributed by atoms with van der Waals surface area (Å²) in [6, 6.07) is 19.0. The lowest BCUT2D eigenvalue weighted by atomic mass is 9.55. The molecule has 1 unspecified atom stereocenters. The Morgan fingerprint density at radius 2 is 1.68 bits per heavy atom. The van der Waals surface area contributed by atoms with Gasteiger partial charge in [0.15, 0.2) is 0 Å². The van der Waals surface area contributed by atoms with Crippen LogP contribution in [0.25, 0.3) is 0 Å². The van der Waals surface area contributed by atoms with Gasteiger partial charge in [0.2, 0.25) is 23.6 Å². The zero-order valence-electron chi connectivity index (χ0n) is 37.0. The Hall–Kier alpha value is -6.95. The van der Waals surface area contributed by atoms with Crippen molar-refractivity contribution in [3.63, 3.8) is 0 Å². The summed E-state index contributed by atoms with van der Waals surface area (Å²) in [5.74, 6) is -5.13. The summed E-state index contributed by atoms with van der Waals surface area (Å²) >= 11 is 12.8. The van der Waals surface area contributed by atoms with E-state index in [2.05, 4.69) is 36.9 Å². The number of nitrogens with one attached hydrogen (secondary N) is 6. The highest BCUT2D eigenvalue weighted by Gasteiger charge is 2.72. The summed E-state index contributed by atoms with van der Waals surface area (Å²) in [4.78, 5) is 98.6. The van der Waals surface area contributed by atoms with E-state index in [1.807, 2.05) is 10.8 Å². The minimum atomic E-state index is -1.37. The first kappa shape index (κ1) is 45.8. The molecule has 5 aromatic rings. The number of amides is 7. The number of fused-ring (bicyclic) bond motifs is 4. The number of aryl methyl sites for hydroxylation is 1. The van der Waals surface area contributed by atoms with E-state index >= 15 is 4.39 Å². The number of hydrogen-bond acceptors (Lipinski definition) is 10. The summed E-state index contributed by atoms with van der Waals surface area (Å²) in [5.41, 5.74) is 1.24. The number of nitrogens with zero attached hydrogens (tertiary/aromatic N) is 3. The molecule has 6 N–H and O–H groups in total. The van der Waals surface area contributed by atoms with Crippen molar-refractivity contribution in [2.24, 2.45) is 0 Å². The number of carbonyl (C=O) groups excluding carboxylic acids is 7. The zero-order valence-corrected chi connectivity index (χ0v) is 38.5. The van der Waals surface area contributed by atoms with Gasteiger partial charge in [-0.05, 0) is 91.4 Å². The van der Waals surface area contributed by atoms with Crippen molar-refractivity contribution >= 4 is 81.6 Å². The Kier molecular flexibility index (Phi) is 12.1. The molecule has 4 aromatic carbocycles. The second-order valence-corrected chi connectivity index (χ2v) is 19.0. The summed E-state index contributed by atoms with van der Waals surface area (Å²) < 4.78 is 18.1. The minimum Gasteiger partial charge on any atom is -0.379 e. The van der Waals surface area contributed by atoms with Gasteiger partial charge in [0, 0.05) is 64.8 Å². The lowest BCUT2D eigenvalue weighted by Gasteiger charge is -2.47. The van der Waals surface area contributed by atoms with Gasteiger partial charge in [-0.3, -0.25) is 49.1 Å². The number of imidazole rings is 1. The first-order valence-electron chi connectivity index (χ1n) is 22.9. The molecule has 2 spiro atoms. The van der Waals surface area contributed by atoms with Crippen LogP contribution in [0.3, 0.4) is 0 Å². The third-order valence-electron chi connectivity index (χ3n) is 14.2. The number of hydrogen-bond donors (Lipinski definition) is 6. The second-order valence-electron chi connectivity index (χ2n) is 18.1. The number of piperidine rings is 1. The highest BCUT2D eigenvalue weighted by atomic mass is 35.5. The third-order valence-corrected chi connectivity index (χ3v) is 14.7. The van der Waals surface area contributed by atoms with E-state index in [1.165, 1.54) is 12.1 Å². The van der Waals surface area contributed by atoms with Crippen LogP contribution in [-0.2, 0) is 37.7 Å². The van der Waals surface area contributed by atoms with Crippen molar-refractivity contribution in [3.8, 4) is 0 Å². The molecule has 5 aliphatic rings. The second kappa shape index (κ2) is 18.2. The molecule has 16 nitrogen and oxygen atoms in total. The van der Waals surface area contributed by atoms with Gasteiger partial charge in [0.05, 0.1) is 40.8 Å². The van der Waals surface area contributed by atoms with Crippen LogP contribution in [-0.4, -0.2) is 80.0 Å². The Balaban J connectivity index is 0.762. The van der Waals surface area contributed by atoms with Crippen LogP contribution in [0.15, 0.2) is 91.4 Å². The Bertz CT molecular complexity index is 2980. The van der Waals surface area contributed by atoms with Gasteiger partial charge in [-0.25, -0.2) is 9.37 Å². The third kappa shape index (κ3) is 7.91. The van der Waals surface area contributed by atoms with Gasteiger partial charge in [0.1, 0.15) is 17.3 Å². The van der Waals surface area contributed by atoms with Crippen LogP contribution < -0.4 is 31.9 Å². The van der Waals surface area contributed by atoms with E-state index in [0.717, 1.165) is 24.2 Å². The van der Waals surface area contributed by atoms with E-state index in [1.54, 1.807) is 73.1 Å². The number of anilines is 3. The molecule has 19 heteroatoms. The highest BCUT2D eigenvalue weighted by Crippen LogP contribution is 2.63. The fraction of sp³-hybridized carbons (Fsp3) is 0.320. The van der Waals surface area contributed by atoms with Crippen LogP contribution in [0.4, 0.5) is 21.5 Å². The van der Waals surface area contributed by atoms with Gasteiger partial charge < -0.3 is 25.8 Å². The SMILES string of the molecule is O=C1CCC(N2C(=O)c3cccc(NCc4cn(CCCNC(=O)c5ccc(NC(=O)[C@@H]6NC7(CCCCC7)[C@@]7(C(=O)Nc8cc(Cl)ccc87)[C@H]6c6cccc(Cl)c6F)cc5)cn4)c3C2=O)C(=O)N1. The lowest BCUT2D eigenvalue weighted by molar-refractivity contribution is -0.136. The normalized spacial score (nSPS) is 22.4. The van der Waals surface area contributed by atoms with Crippen LogP contribution in [0, 0.1) is 5.82 Å². The summed E-state index contributed by atoms with van der Waals surface area (Å²) in [5, 5.41) is 18.2. The monoisotopic (exact) mass is 973 g/mol. The van der Waals surface area contributed by atoms with Crippen molar-refractivity contribution in [3.05, 3.63) is 141 Å². The van der Waals surface area contributed by atoms with Crippen molar-refractivity contribution in [1.29, 1.82) is 0 Å². The van der Waals surface area contributed by atoms with Gasteiger partial charge in [-0.2, -0.15) is 0 Å². The number of carbonyl (C=O) groups is 7. The number of aromatic nitrogens is 2. The molecule has 69 heavy (non-hydrogen) atoms. The molecule has 1 saturated carbocycles. The van der Waals surface area contributed by atoms with Gasteiger partial charge in [-0.15, -0.1) is 0 Å². The first-order valence-corrected chi connectivity index (χ1v) is 23.7. The predicted molar refractivity (Wildman–Crippen MR) is 253 cm³/mol. The summed E-state index contributed by atoms with van der Waals surface area (Å²) in [6.45, 7) is 1.11. The molecule has 3 fully saturated rings. The van der Waals surface area contributed by atoms with Crippen LogP contribution >= 0.6 is 23.2 Å². The molecule has 0 bridgehead atoms. The number of imide groups is 2. The molecule has 7 amide bonds. The molecule has 4 atom stereocenters. The largest absolute Gasteiger partial charge is 0.379 e. The summed E-state index contributed by atoms with van der Waals surface area (Å²) in [6.07, 6.45) is 7.88. The molecular weight excluding hydrogens is 929 g/mol. The van der Waals surface area contributed by atoms with Gasteiger partial charge >= 0.3 is 0 Å². The van der Waals surface area contributed by atoms with Gasteiger partial charge in [0.25, 0.3) is 17.7 Å². The molecule has 10 rings (SSSR count). The lowest BCUT2D eigenvalue weighted by Crippen LogP contribution is -2.60. The van der Waals surface area contributed by atoms with E-state index in [-0.39, 0.29) is 52.9 Å². The molecule has 354 valence electrons. The molecular formula is C50H46Cl2FN9O7. The summed E-state index contributed by atoms with van der Waals surface area (Å²) in [7, 11) is 0. The maximum absolute atomic E-state index is 16.3. The Morgan fingerprint density at radius 3 is 2.46 bits per heavy atom. The molecule has 2 saturated heterocycles. The van der Waals surface area contributed by atoms with Crippen LogP contribution in [0.5, 0.6) is 0 Å². The standard InChI is InChI=1S/C50H46Cl2FN9O7/c51-28-13-16-33-36(23-28)58-48(69)50(33)40(32-8-4-9-34(52)41(32)53)42(60-49(50)19-2-1-3-20-49)45(66)57-29-14-11-27(12-15-29)43(64)54-21-6-22-61-25-30(56-26-61)24-55-35-10-5-7-31-39(35)47(68)62(46(31)67)37-17-18-38(63)59-44(37)65/h4-5,7-16,23,25-26,37,40,42,55,60H,1-3,6,17-22,24H2,(H,54,64)(H,57,66)(H,58,69)(H,59,63,65)/t37?,40-,42+,50+/m0/s1. The van der Waals surface area contributed by atoms with Gasteiger partial charge in [-0.1, -0.05) is 66.7 Å². The first-order chi connectivity index (χ1) is 33.3. The minimum absolute atomic E-state index is 0.0273. The molecule has 1 aliphatic carbocycles. The highest BCUT2D eigenvalue weighted by molar-refractivity contribution is 6.31. The number of rotatable bonds is 12. The molecule has 4 aliphatic heterocycles. The molecule has 5 heterocycles. The van der Waals surface area contributed by atoms with Crippen molar-refractivity contribution in [2.75, 3.05) is 22.5 Å². The van der Waals surface area contributed by atoms with E-state index in [0.29, 0.717) is 71.3 Å². The van der Waals surface area contributed by atoms with E-state index < -0.39 is 64.3 Å². The van der Waals surface area contributed by atoms with Crippen LogP contribution in [0.1, 0.15) is 105 Å². The van der Waals surface area contributed by atoms with Crippen molar-refractivity contribution in [2.45, 2.75) is 93.4 Å². The Morgan fingerprint density at radius 1 is 0.899 bits per heavy atom. The average Bonchev–Trinajstić information content (AvgIpc) is 4.06. The Labute approximate surface area is 405 Å². The maximum atomic E-state index is 16.3. The van der Waals surface area contributed by atoms with E-state index in [9.17, 15) is 33.6 Å². The van der Waals surface area contributed by atoms with E-state index in [4.69, 9.17) is 23.2 Å². The van der Waals surface area contributed by atoms with Crippen LogP contribution in [0.2, 0.25) is 10.0 Å². The molecule has 0 radical (unpaired) electrons. The predicted octanol–water partition coefficient (Wildman–Crippen LogP) is 6.45. The quantitative estimate of drug-likeness (QED) is 0.0594. The van der Waals surface area contributed by atoms with Crippen molar-refractivity contribution < 1.29 is 38.0 Å². The zero-order chi connectivity index (χ0) is 48.2. The average molecular weight is 975 g/mol. The topological polar surface area (TPSA) is 213 Å². The number of benzene rings is 4.